The summed E-state index contributed by atoms with van der Waals surface area (Å²) in [4.78, 5) is 16.1. The first-order valence-electron chi connectivity index (χ1n) is 8.61. The number of nitrogens with zero attached hydrogens (tertiary/aromatic N) is 3. The Morgan fingerprint density at radius 1 is 1.17 bits per heavy atom. The highest BCUT2D eigenvalue weighted by Crippen LogP contribution is 2.28. The van der Waals surface area contributed by atoms with Crippen molar-refractivity contribution >= 4 is 17.3 Å². The van der Waals surface area contributed by atoms with Crippen LogP contribution >= 0.6 is 11.6 Å². The average molecular weight is 443 g/mol. The summed E-state index contributed by atoms with van der Waals surface area (Å²) in [6, 6.07) is 7.02. The van der Waals surface area contributed by atoms with Crippen molar-refractivity contribution in [2.45, 2.75) is 19.1 Å². The number of pyridine rings is 1. The first kappa shape index (κ1) is 21.6. The fourth-order valence-corrected chi connectivity index (χ4v) is 2.62. The highest BCUT2D eigenvalue weighted by atomic mass is 35.5. The number of nitrogens with one attached hydrogen (secondary N) is 1. The van der Waals surface area contributed by atoms with E-state index in [-0.39, 0.29) is 35.0 Å². The summed E-state index contributed by atoms with van der Waals surface area (Å²) in [5.74, 6) is -0.0123. The Morgan fingerprint density at radius 3 is 2.47 bits per heavy atom. The SMILES string of the molecule is CC(COc1ccc(F)cc1)Nc1cnn(-c2ccc(C(F)(F)F)cn2)c(=O)c1Cl. The number of ether oxygens (including phenoxy) is 1. The summed E-state index contributed by atoms with van der Waals surface area (Å²) in [6.45, 7) is 1.95. The first-order chi connectivity index (χ1) is 14.1. The van der Waals surface area contributed by atoms with Crippen LogP contribution in [-0.2, 0) is 6.18 Å². The lowest BCUT2D eigenvalue weighted by atomic mass is 10.3. The van der Waals surface area contributed by atoms with E-state index in [2.05, 4.69) is 15.4 Å². The van der Waals surface area contributed by atoms with Crippen LogP contribution in [0.15, 0.2) is 53.6 Å². The molecule has 0 saturated carbocycles. The molecule has 2 heterocycles. The zero-order valence-electron chi connectivity index (χ0n) is 15.5. The molecule has 0 saturated heterocycles. The molecule has 1 unspecified atom stereocenters. The fourth-order valence-electron chi connectivity index (χ4n) is 2.43. The van der Waals surface area contributed by atoms with Crippen molar-refractivity contribution in [1.82, 2.24) is 14.8 Å². The summed E-state index contributed by atoms with van der Waals surface area (Å²) < 4.78 is 57.2. The minimum absolute atomic E-state index is 0.103. The smallest absolute Gasteiger partial charge is 0.417 e. The Balaban J connectivity index is 1.71. The van der Waals surface area contributed by atoms with Crippen LogP contribution in [-0.4, -0.2) is 27.4 Å². The Kier molecular flexibility index (Phi) is 6.25. The van der Waals surface area contributed by atoms with Crippen LogP contribution in [0.5, 0.6) is 5.75 Å². The van der Waals surface area contributed by atoms with Gasteiger partial charge in [0, 0.05) is 6.20 Å². The van der Waals surface area contributed by atoms with E-state index in [9.17, 15) is 22.4 Å². The van der Waals surface area contributed by atoms with Crippen molar-refractivity contribution in [3.05, 3.63) is 75.5 Å². The summed E-state index contributed by atoms with van der Waals surface area (Å²) >= 11 is 6.10. The minimum Gasteiger partial charge on any atom is -0.491 e. The molecule has 30 heavy (non-hydrogen) atoms. The molecule has 1 N–H and O–H groups in total. The van der Waals surface area contributed by atoms with Crippen LogP contribution in [0.1, 0.15) is 12.5 Å². The molecule has 2 aromatic heterocycles. The molecule has 1 atom stereocenters. The van der Waals surface area contributed by atoms with E-state index in [0.29, 0.717) is 11.9 Å². The highest BCUT2D eigenvalue weighted by Gasteiger charge is 2.30. The van der Waals surface area contributed by atoms with Gasteiger partial charge >= 0.3 is 6.18 Å². The van der Waals surface area contributed by atoms with Crippen LogP contribution in [0.2, 0.25) is 5.02 Å². The average Bonchev–Trinajstić information content (AvgIpc) is 2.71. The van der Waals surface area contributed by atoms with Gasteiger partial charge in [0.2, 0.25) is 0 Å². The van der Waals surface area contributed by atoms with Crippen molar-refractivity contribution < 1.29 is 22.3 Å². The van der Waals surface area contributed by atoms with Gasteiger partial charge in [-0.05, 0) is 43.3 Å². The van der Waals surface area contributed by atoms with Gasteiger partial charge in [0.05, 0.1) is 23.5 Å². The van der Waals surface area contributed by atoms with E-state index in [1.54, 1.807) is 6.92 Å². The molecule has 0 spiro atoms. The van der Waals surface area contributed by atoms with Crippen LogP contribution in [0.3, 0.4) is 0 Å². The third-order valence-electron chi connectivity index (χ3n) is 3.93. The number of rotatable bonds is 6. The Labute approximate surface area is 173 Å². The number of benzene rings is 1. The molecule has 3 aromatic rings. The molecule has 0 bridgehead atoms. The van der Waals surface area contributed by atoms with Crippen molar-refractivity contribution in [3.8, 4) is 11.6 Å². The van der Waals surface area contributed by atoms with Gasteiger partial charge in [-0.25, -0.2) is 9.37 Å². The van der Waals surface area contributed by atoms with E-state index < -0.39 is 17.3 Å². The van der Waals surface area contributed by atoms with Crippen molar-refractivity contribution in [3.63, 3.8) is 0 Å². The fraction of sp³-hybridized carbons (Fsp3) is 0.211. The summed E-state index contributed by atoms with van der Waals surface area (Å²) in [5.41, 5.74) is -1.47. The maximum atomic E-state index is 12.9. The van der Waals surface area contributed by atoms with Crippen molar-refractivity contribution in [2.24, 2.45) is 0 Å². The van der Waals surface area contributed by atoms with Crippen molar-refractivity contribution in [1.29, 1.82) is 0 Å². The summed E-state index contributed by atoms with van der Waals surface area (Å²) in [7, 11) is 0. The minimum atomic E-state index is -4.54. The van der Waals surface area contributed by atoms with Gasteiger partial charge in [0.1, 0.15) is 23.2 Å². The third kappa shape index (κ3) is 5.07. The number of aromatic nitrogens is 3. The quantitative estimate of drug-likeness (QED) is 0.576. The van der Waals surface area contributed by atoms with Gasteiger partial charge in [-0.15, -0.1) is 0 Å². The second-order valence-electron chi connectivity index (χ2n) is 6.30. The molecule has 3 rings (SSSR count). The molecular weight excluding hydrogens is 428 g/mol. The molecule has 0 radical (unpaired) electrons. The van der Waals surface area contributed by atoms with E-state index in [0.717, 1.165) is 16.8 Å². The lowest BCUT2D eigenvalue weighted by Gasteiger charge is -2.17. The van der Waals surface area contributed by atoms with Gasteiger partial charge in [-0.1, -0.05) is 11.6 Å². The number of halogens is 5. The lowest BCUT2D eigenvalue weighted by Crippen LogP contribution is -2.28. The first-order valence-corrected chi connectivity index (χ1v) is 8.99. The predicted octanol–water partition coefficient (Wildman–Crippen LogP) is 4.32. The van der Waals surface area contributed by atoms with E-state index in [1.807, 2.05) is 0 Å². The second kappa shape index (κ2) is 8.70. The molecule has 0 aliphatic carbocycles. The number of hydrogen-bond donors (Lipinski definition) is 1. The van der Waals surface area contributed by atoms with Gasteiger partial charge < -0.3 is 10.1 Å². The Bertz CT molecular complexity index is 1070. The molecule has 0 aliphatic heterocycles. The molecule has 0 fully saturated rings. The maximum absolute atomic E-state index is 12.9. The zero-order chi connectivity index (χ0) is 21.9. The topological polar surface area (TPSA) is 69.0 Å². The van der Waals surface area contributed by atoms with E-state index in [1.165, 1.54) is 30.5 Å². The Morgan fingerprint density at radius 2 is 1.87 bits per heavy atom. The Hall–Kier alpha value is -3.14. The third-order valence-corrected chi connectivity index (χ3v) is 4.29. The van der Waals surface area contributed by atoms with Crippen molar-refractivity contribution in [2.75, 3.05) is 11.9 Å². The molecule has 158 valence electrons. The molecule has 0 aliphatic rings. The molecule has 1 aromatic carbocycles. The standard InChI is InChI=1S/C19H15ClF4N4O2/c1-11(10-30-14-5-3-13(21)4-6-14)27-15-9-26-28(18(29)17(15)20)16-7-2-12(8-25-16)19(22,23)24/h2-9,11,27H,10H2,1H3. The number of anilines is 1. The highest BCUT2D eigenvalue weighted by molar-refractivity contribution is 6.32. The molecule has 6 nitrogen and oxygen atoms in total. The number of alkyl halides is 3. The lowest BCUT2D eigenvalue weighted by molar-refractivity contribution is -0.137. The molecule has 11 heteroatoms. The van der Waals surface area contributed by atoms with E-state index in [4.69, 9.17) is 16.3 Å². The van der Waals surface area contributed by atoms with Crippen LogP contribution < -0.4 is 15.6 Å². The summed E-state index contributed by atoms with van der Waals surface area (Å²) in [5, 5.41) is 6.67. The van der Waals surface area contributed by atoms with Crippen LogP contribution in [0, 0.1) is 5.82 Å². The van der Waals surface area contributed by atoms with Gasteiger partial charge in [0.15, 0.2) is 5.82 Å². The largest absolute Gasteiger partial charge is 0.491 e. The maximum Gasteiger partial charge on any atom is 0.417 e. The predicted molar refractivity (Wildman–Crippen MR) is 103 cm³/mol. The van der Waals surface area contributed by atoms with Gasteiger partial charge in [-0.2, -0.15) is 23.0 Å². The molecular formula is C19H15ClF4N4O2. The second-order valence-corrected chi connectivity index (χ2v) is 6.68. The van der Waals surface area contributed by atoms with Crippen LogP contribution in [0.25, 0.3) is 5.82 Å². The van der Waals surface area contributed by atoms with Gasteiger partial charge in [0.25, 0.3) is 5.56 Å². The normalized spacial score (nSPS) is 12.5. The monoisotopic (exact) mass is 442 g/mol. The number of hydrogen-bond acceptors (Lipinski definition) is 5. The van der Waals surface area contributed by atoms with E-state index >= 15 is 0 Å². The zero-order valence-corrected chi connectivity index (χ0v) is 16.2. The molecule has 0 amide bonds. The van der Waals surface area contributed by atoms with Crippen LogP contribution in [0.4, 0.5) is 23.2 Å². The van der Waals surface area contributed by atoms with Gasteiger partial charge in [-0.3, -0.25) is 4.79 Å². The summed E-state index contributed by atoms with van der Waals surface area (Å²) in [6.07, 6.45) is -2.67.